The van der Waals surface area contributed by atoms with E-state index in [1.807, 2.05) is 0 Å². The number of anilines is 2. The monoisotopic (exact) mass is 296 g/mol. The van der Waals surface area contributed by atoms with Crippen molar-refractivity contribution < 1.29 is 9.90 Å². The molecule has 0 spiro atoms. The highest BCUT2D eigenvalue weighted by molar-refractivity contribution is 6.39. The molecule has 2 rings (SSSR count). The molecule has 0 fully saturated rings. The van der Waals surface area contributed by atoms with Crippen LogP contribution in [0.3, 0.4) is 0 Å². The summed E-state index contributed by atoms with van der Waals surface area (Å²) in [5.41, 5.74) is 6.58. The van der Waals surface area contributed by atoms with Crippen molar-refractivity contribution in [3.05, 3.63) is 52.0 Å². The van der Waals surface area contributed by atoms with Crippen molar-refractivity contribution in [2.75, 3.05) is 11.1 Å². The van der Waals surface area contributed by atoms with E-state index in [1.165, 1.54) is 24.3 Å². The predicted molar refractivity (Wildman–Crippen MR) is 76.9 cm³/mol. The van der Waals surface area contributed by atoms with Gasteiger partial charge in [-0.1, -0.05) is 29.3 Å². The van der Waals surface area contributed by atoms with Crippen molar-refractivity contribution in [2.45, 2.75) is 0 Å². The number of phenols is 1. The first-order valence-electron chi connectivity index (χ1n) is 5.32. The van der Waals surface area contributed by atoms with Crippen molar-refractivity contribution in [3.8, 4) is 5.75 Å². The van der Waals surface area contributed by atoms with Gasteiger partial charge < -0.3 is 16.2 Å². The maximum atomic E-state index is 12.0. The Morgan fingerprint density at radius 2 is 1.79 bits per heavy atom. The molecule has 19 heavy (non-hydrogen) atoms. The number of nitrogens with two attached hydrogens (primary N) is 1. The Bertz CT molecular complexity index is 621. The van der Waals surface area contributed by atoms with Gasteiger partial charge in [-0.25, -0.2) is 0 Å². The Morgan fingerprint density at radius 3 is 2.37 bits per heavy atom. The van der Waals surface area contributed by atoms with Gasteiger partial charge in [0.1, 0.15) is 5.75 Å². The lowest BCUT2D eigenvalue weighted by Gasteiger charge is -2.08. The van der Waals surface area contributed by atoms with Crippen LogP contribution < -0.4 is 11.1 Å². The molecule has 0 saturated heterocycles. The Kier molecular flexibility index (Phi) is 3.83. The number of aromatic hydroxyl groups is 1. The van der Waals surface area contributed by atoms with Crippen molar-refractivity contribution in [1.29, 1.82) is 0 Å². The molecule has 0 radical (unpaired) electrons. The highest BCUT2D eigenvalue weighted by Gasteiger charge is 2.11. The fourth-order valence-corrected chi connectivity index (χ4v) is 1.99. The first-order chi connectivity index (χ1) is 8.97. The van der Waals surface area contributed by atoms with Gasteiger partial charge in [-0.2, -0.15) is 0 Å². The van der Waals surface area contributed by atoms with Crippen LogP contribution in [0.15, 0.2) is 36.4 Å². The van der Waals surface area contributed by atoms with E-state index in [1.54, 1.807) is 12.1 Å². The Morgan fingerprint density at radius 1 is 1.16 bits per heavy atom. The smallest absolute Gasteiger partial charge is 0.255 e. The molecule has 0 aliphatic rings. The molecular weight excluding hydrogens is 287 g/mol. The number of phenolic OH excluding ortho intramolecular Hbond substituents is 1. The molecule has 2 aromatic rings. The van der Waals surface area contributed by atoms with E-state index in [-0.39, 0.29) is 27.0 Å². The maximum Gasteiger partial charge on any atom is 0.255 e. The van der Waals surface area contributed by atoms with E-state index in [9.17, 15) is 9.90 Å². The second kappa shape index (κ2) is 5.38. The van der Waals surface area contributed by atoms with E-state index in [0.29, 0.717) is 5.69 Å². The minimum Gasteiger partial charge on any atom is -0.508 e. The van der Waals surface area contributed by atoms with Gasteiger partial charge in [0.15, 0.2) is 0 Å². The van der Waals surface area contributed by atoms with Crippen LogP contribution in [0, 0.1) is 0 Å². The normalized spacial score (nSPS) is 10.2. The molecule has 0 unspecified atom stereocenters. The van der Waals surface area contributed by atoms with E-state index < -0.39 is 5.91 Å². The van der Waals surface area contributed by atoms with Crippen molar-refractivity contribution in [1.82, 2.24) is 0 Å². The summed E-state index contributed by atoms with van der Waals surface area (Å²) in [6, 6.07) is 9.07. The standard InChI is InChI=1S/C13H10Cl2N2O2/c14-10-4-7(5-11(15)12(10)16)13(19)17-8-2-1-3-9(18)6-8/h1-6,18H,16H2,(H,17,19). The fraction of sp³-hybridized carbons (Fsp3) is 0. The Hall–Kier alpha value is -1.91. The third-order valence-corrected chi connectivity index (χ3v) is 3.07. The zero-order valence-corrected chi connectivity index (χ0v) is 11.2. The number of carbonyl (C=O) groups is 1. The second-order valence-electron chi connectivity index (χ2n) is 3.86. The molecule has 0 heterocycles. The molecule has 98 valence electrons. The molecule has 0 aliphatic carbocycles. The van der Waals surface area contributed by atoms with Crippen LogP contribution in [-0.2, 0) is 0 Å². The molecule has 6 heteroatoms. The first-order valence-corrected chi connectivity index (χ1v) is 6.08. The Labute approximate surface area is 119 Å². The van der Waals surface area contributed by atoms with Crippen molar-refractivity contribution in [3.63, 3.8) is 0 Å². The van der Waals surface area contributed by atoms with Gasteiger partial charge in [-0.3, -0.25) is 4.79 Å². The lowest BCUT2D eigenvalue weighted by molar-refractivity contribution is 0.102. The molecule has 0 aliphatic heterocycles. The number of benzene rings is 2. The quantitative estimate of drug-likeness (QED) is 0.742. The van der Waals surface area contributed by atoms with E-state index >= 15 is 0 Å². The van der Waals surface area contributed by atoms with Gasteiger partial charge in [0.05, 0.1) is 15.7 Å². The number of nitrogen functional groups attached to an aromatic ring is 1. The van der Waals surface area contributed by atoms with Crippen LogP contribution in [0.1, 0.15) is 10.4 Å². The Balaban J connectivity index is 2.25. The number of hydrogen-bond acceptors (Lipinski definition) is 3. The molecule has 0 bridgehead atoms. The summed E-state index contributed by atoms with van der Waals surface area (Å²) in [6.07, 6.45) is 0. The molecule has 4 N–H and O–H groups in total. The summed E-state index contributed by atoms with van der Waals surface area (Å²) < 4.78 is 0. The molecule has 1 amide bonds. The van der Waals surface area contributed by atoms with E-state index in [2.05, 4.69) is 5.32 Å². The van der Waals surface area contributed by atoms with Crippen molar-refractivity contribution >= 4 is 40.5 Å². The van der Waals surface area contributed by atoms with E-state index in [0.717, 1.165) is 0 Å². The zero-order valence-electron chi connectivity index (χ0n) is 9.65. The van der Waals surface area contributed by atoms with Crippen molar-refractivity contribution in [2.24, 2.45) is 0 Å². The molecule has 2 aromatic carbocycles. The van der Waals surface area contributed by atoms with Gasteiger partial charge in [-0.05, 0) is 24.3 Å². The van der Waals surface area contributed by atoms with Gasteiger partial charge in [0.25, 0.3) is 5.91 Å². The largest absolute Gasteiger partial charge is 0.508 e. The van der Waals surface area contributed by atoms with Crippen LogP contribution in [0.5, 0.6) is 5.75 Å². The topological polar surface area (TPSA) is 75.4 Å². The summed E-state index contributed by atoms with van der Waals surface area (Å²) in [7, 11) is 0. The lowest BCUT2D eigenvalue weighted by atomic mass is 10.2. The minimum atomic E-state index is -0.394. The molecular formula is C13H10Cl2N2O2. The number of rotatable bonds is 2. The van der Waals surface area contributed by atoms with Gasteiger partial charge in [0.2, 0.25) is 0 Å². The fourth-order valence-electron chi connectivity index (χ4n) is 1.50. The average molecular weight is 297 g/mol. The van der Waals surface area contributed by atoms with Crippen LogP contribution in [0.25, 0.3) is 0 Å². The number of amides is 1. The minimum absolute atomic E-state index is 0.0613. The summed E-state index contributed by atoms with van der Waals surface area (Å²) in [4.78, 5) is 12.0. The summed E-state index contributed by atoms with van der Waals surface area (Å²) in [6.45, 7) is 0. The second-order valence-corrected chi connectivity index (χ2v) is 4.67. The van der Waals surface area contributed by atoms with Crippen LogP contribution in [0.4, 0.5) is 11.4 Å². The zero-order chi connectivity index (χ0) is 14.0. The van der Waals surface area contributed by atoms with E-state index in [4.69, 9.17) is 28.9 Å². The SMILES string of the molecule is Nc1c(Cl)cc(C(=O)Nc2cccc(O)c2)cc1Cl. The van der Waals surface area contributed by atoms with Gasteiger partial charge in [-0.15, -0.1) is 0 Å². The number of halogens is 2. The first kappa shape index (κ1) is 13.5. The lowest BCUT2D eigenvalue weighted by Crippen LogP contribution is -2.12. The third kappa shape index (κ3) is 3.10. The third-order valence-electron chi connectivity index (χ3n) is 2.45. The predicted octanol–water partition coefficient (Wildman–Crippen LogP) is 3.53. The van der Waals surface area contributed by atoms with Crippen LogP contribution in [0.2, 0.25) is 10.0 Å². The number of nitrogens with one attached hydrogen (secondary N) is 1. The molecule has 0 atom stereocenters. The van der Waals surface area contributed by atoms with Gasteiger partial charge in [0, 0.05) is 17.3 Å². The summed E-state index contributed by atoms with van der Waals surface area (Å²) in [5, 5.41) is 12.4. The maximum absolute atomic E-state index is 12.0. The molecule has 0 saturated carbocycles. The highest BCUT2D eigenvalue weighted by atomic mass is 35.5. The number of carbonyl (C=O) groups excluding carboxylic acids is 1. The summed E-state index contributed by atoms with van der Waals surface area (Å²) in [5.74, 6) is -0.333. The molecule has 0 aromatic heterocycles. The van der Waals surface area contributed by atoms with Gasteiger partial charge >= 0.3 is 0 Å². The number of hydrogen-bond donors (Lipinski definition) is 3. The average Bonchev–Trinajstić information content (AvgIpc) is 2.35. The molecule has 4 nitrogen and oxygen atoms in total. The van der Waals surface area contributed by atoms with Crippen LogP contribution >= 0.6 is 23.2 Å². The summed E-state index contributed by atoms with van der Waals surface area (Å²) >= 11 is 11.7. The highest BCUT2D eigenvalue weighted by Crippen LogP contribution is 2.29. The van der Waals surface area contributed by atoms with Crippen LogP contribution in [-0.4, -0.2) is 11.0 Å².